The molecule has 240 valence electrons. The molecular weight excluding hydrogens is 590 g/mol. The number of sulfonamides is 1. The van der Waals surface area contributed by atoms with Crippen LogP contribution in [-0.4, -0.2) is 81.9 Å². The number of piperidine rings is 2. The molecule has 5 rings (SSSR count). The lowest BCUT2D eigenvalue weighted by molar-refractivity contribution is -0.120. The molecule has 11 heteroatoms. The second kappa shape index (κ2) is 15.9. The Balaban J connectivity index is 1.02. The highest BCUT2D eigenvalue weighted by Crippen LogP contribution is 2.31. The maximum absolute atomic E-state index is 13.1. The van der Waals surface area contributed by atoms with E-state index < -0.39 is 15.9 Å². The molecule has 0 radical (unpaired) electrons. The molecular formula is C34H43N5O5S. The number of nitrogens with zero attached hydrogens (tertiary/aromatic N) is 2. The van der Waals surface area contributed by atoms with Crippen molar-refractivity contribution in [2.75, 3.05) is 50.5 Å². The van der Waals surface area contributed by atoms with Crippen molar-refractivity contribution in [3.8, 4) is 11.5 Å². The van der Waals surface area contributed by atoms with E-state index in [1.54, 1.807) is 36.4 Å². The highest BCUT2D eigenvalue weighted by molar-refractivity contribution is 7.92. The molecule has 0 aromatic heterocycles. The first kappa shape index (κ1) is 32.5. The summed E-state index contributed by atoms with van der Waals surface area (Å²) in [5, 5.41) is 5.48. The molecule has 2 amide bonds. The van der Waals surface area contributed by atoms with Gasteiger partial charge in [0, 0.05) is 18.2 Å². The minimum absolute atomic E-state index is 0.0120. The molecule has 45 heavy (non-hydrogen) atoms. The first-order valence-electron chi connectivity index (χ1n) is 15.8. The summed E-state index contributed by atoms with van der Waals surface area (Å²) in [5.41, 5.74) is 0.536. The zero-order valence-electron chi connectivity index (χ0n) is 25.6. The Labute approximate surface area is 266 Å². The monoisotopic (exact) mass is 633 g/mol. The van der Waals surface area contributed by atoms with Gasteiger partial charge in [-0.05, 0) is 113 Å². The van der Waals surface area contributed by atoms with Gasteiger partial charge in [-0.25, -0.2) is 8.42 Å². The number of carbonyl (C=O) groups is 2. The van der Waals surface area contributed by atoms with Crippen molar-refractivity contribution >= 4 is 27.5 Å². The van der Waals surface area contributed by atoms with Gasteiger partial charge in [0.25, 0.3) is 15.9 Å². The number of hydrogen-bond donors (Lipinski definition) is 3. The Morgan fingerprint density at radius 3 is 2.22 bits per heavy atom. The van der Waals surface area contributed by atoms with Gasteiger partial charge in [-0.15, -0.1) is 0 Å². The number of para-hydroxylation sites is 3. The molecule has 0 aliphatic carbocycles. The molecule has 3 aromatic rings. The fourth-order valence-electron chi connectivity index (χ4n) is 5.89. The topological polar surface area (TPSA) is 120 Å². The SMILES string of the molecule is O=C(CNC(=O)c1ccc(S(=O)(=O)Nc2ccccc2Oc2ccccc2)cc1)NCCCN1CCC(N2CCCCC2)CC1. The normalized spacial score (nSPS) is 16.5. The van der Waals surface area contributed by atoms with Crippen LogP contribution in [0.25, 0.3) is 0 Å². The summed E-state index contributed by atoms with van der Waals surface area (Å²) < 4.78 is 34.6. The summed E-state index contributed by atoms with van der Waals surface area (Å²) >= 11 is 0. The maximum Gasteiger partial charge on any atom is 0.262 e. The number of nitrogens with one attached hydrogen (secondary N) is 3. The minimum Gasteiger partial charge on any atom is -0.455 e. The molecule has 0 saturated carbocycles. The molecule has 3 aromatic carbocycles. The Morgan fingerprint density at radius 2 is 1.49 bits per heavy atom. The Morgan fingerprint density at radius 1 is 0.800 bits per heavy atom. The molecule has 2 aliphatic rings. The van der Waals surface area contributed by atoms with E-state index in [9.17, 15) is 18.0 Å². The number of rotatable bonds is 13. The van der Waals surface area contributed by atoms with Gasteiger partial charge in [0.05, 0.1) is 17.1 Å². The number of ether oxygens (including phenoxy) is 1. The van der Waals surface area contributed by atoms with Crippen LogP contribution in [-0.2, 0) is 14.8 Å². The summed E-state index contributed by atoms with van der Waals surface area (Å²) in [6.45, 7) is 6.07. The lowest BCUT2D eigenvalue weighted by Gasteiger charge is -2.40. The third-order valence-electron chi connectivity index (χ3n) is 8.38. The van der Waals surface area contributed by atoms with E-state index in [1.165, 1.54) is 69.5 Å². The van der Waals surface area contributed by atoms with Crippen molar-refractivity contribution in [2.24, 2.45) is 0 Å². The molecule has 0 spiro atoms. The van der Waals surface area contributed by atoms with Crippen LogP contribution in [0.5, 0.6) is 11.5 Å². The van der Waals surface area contributed by atoms with E-state index in [2.05, 4.69) is 25.2 Å². The molecule has 0 bridgehead atoms. The van der Waals surface area contributed by atoms with Crippen molar-refractivity contribution in [1.29, 1.82) is 0 Å². The van der Waals surface area contributed by atoms with Gasteiger partial charge in [-0.2, -0.15) is 0 Å². The second-order valence-electron chi connectivity index (χ2n) is 11.6. The number of amides is 2. The van der Waals surface area contributed by atoms with Gasteiger partial charge in [0.15, 0.2) is 5.75 Å². The van der Waals surface area contributed by atoms with E-state index in [-0.39, 0.29) is 28.6 Å². The maximum atomic E-state index is 13.1. The van der Waals surface area contributed by atoms with Crippen LogP contribution in [0.1, 0.15) is 48.9 Å². The number of anilines is 1. The van der Waals surface area contributed by atoms with Gasteiger partial charge >= 0.3 is 0 Å². The molecule has 2 heterocycles. The molecule has 2 saturated heterocycles. The zero-order valence-corrected chi connectivity index (χ0v) is 26.4. The number of carbonyl (C=O) groups excluding carboxylic acids is 2. The predicted molar refractivity (Wildman–Crippen MR) is 175 cm³/mol. The summed E-state index contributed by atoms with van der Waals surface area (Å²) in [6, 6.07) is 22.1. The van der Waals surface area contributed by atoms with Crippen LogP contribution < -0.4 is 20.1 Å². The second-order valence-corrected chi connectivity index (χ2v) is 13.3. The molecule has 2 fully saturated rings. The largest absolute Gasteiger partial charge is 0.455 e. The van der Waals surface area contributed by atoms with Gasteiger partial charge in [-0.1, -0.05) is 36.8 Å². The summed E-state index contributed by atoms with van der Waals surface area (Å²) in [6.07, 6.45) is 7.33. The smallest absolute Gasteiger partial charge is 0.262 e. The molecule has 0 unspecified atom stereocenters. The minimum atomic E-state index is -3.96. The highest BCUT2D eigenvalue weighted by Gasteiger charge is 2.25. The highest BCUT2D eigenvalue weighted by atomic mass is 32.2. The lowest BCUT2D eigenvalue weighted by Crippen LogP contribution is -2.47. The fraction of sp³-hybridized carbons (Fsp3) is 0.412. The summed E-state index contributed by atoms with van der Waals surface area (Å²) in [4.78, 5) is 30.1. The summed E-state index contributed by atoms with van der Waals surface area (Å²) in [7, 11) is -3.96. The third-order valence-corrected chi connectivity index (χ3v) is 9.76. The van der Waals surface area contributed by atoms with Crippen LogP contribution in [0.3, 0.4) is 0 Å². The predicted octanol–water partition coefficient (Wildman–Crippen LogP) is 4.47. The van der Waals surface area contributed by atoms with E-state index in [4.69, 9.17) is 4.74 Å². The van der Waals surface area contributed by atoms with Gasteiger partial charge in [0.2, 0.25) is 5.91 Å². The van der Waals surface area contributed by atoms with Gasteiger partial charge in [-0.3, -0.25) is 14.3 Å². The van der Waals surface area contributed by atoms with E-state index in [1.807, 2.05) is 18.2 Å². The molecule has 3 N–H and O–H groups in total. The van der Waals surface area contributed by atoms with Gasteiger partial charge < -0.3 is 25.2 Å². The average molecular weight is 634 g/mol. The standard InChI is InChI=1S/C34H43N5O5S/c40-33(35-20-9-21-38-24-18-28(19-25-38)39-22-7-2-8-23-39)26-36-34(41)27-14-16-30(17-15-27)45(42,43)37-31-12-5-6-13-32(31)44-29-10-3-1-4-11-29/h1,3-6,10-17,28,37H,2,7-9,18-26H2,(H,35,40)(H,36,41). The van der Waals surface area contributed by atoms with Crippen LogP contribution in [0.15, 0.2) is 83.8 Å². The van der Waals surface area contributed by atoms with E-state index >= 15 is 0 Å². The average Bonchev–Trinajstić information content (AvgIpc) is 3.07. The molecule has 2 aliphatic heterocycles. The first-order valence-corrected chi connectivity index (χ1v) is 17.3. The van der Waals surface area contributed by atoms with Crippen LogP contribution in [0, 0.1) is 0 Å². The number of hydrogen-bond acceptors (Lipinski definition) is 7. The van der Waals surface area contributed by atoms with Crippen molar-refractivity contribution in [3.63, 3.8) is 0 Å². The Hall–Kier alpha value is -3.93. The van der Waals surface area contributed by atoms with Crippen molar-refractivity contribution in [2.45, 2.75) is 49.5 Å². The van der Waals surface area contributed by atoms with Crippen LogP contribution in [0.4, 0.5) is 5.69 Å². The van der Waals surface area contributed by atoms with Crippen LogP contribution in [0.2, 0.25) is 0 Å². The molecule has 0 atom stereocenters. The van der Waals surface area contributed by atoms with Crippen molar-refractivity contribution in [1.82, 2.24) is 20.4 Å². The van der Waals surface area contributed by atoms with Crippen LogP contribution >= 0.6 is 0 Å². The molecule has 10 nitrogen and oxygen atoms in total. The fourth-order valence-corrected chi connectivity index (χ4v) is 6.96. The van der Waals surface area contributed by atoms with Gasteiger partial charge in [0.1, 0.15) is 5.75 Å². The third kappa shape index (κ3) is 9.53. The van der Waals surface area contributed by atoms with E-state index in [0.717, 1.165) is 32.1 Å². The van der Waals surface area contributed by atoms with Crippen molar-refractivity contribution < 1.29 is 22.7 Å². The number of benzene rings is 3. The summed E-state index contributed by atoms with van der Waals surface area (Å²) in [5.74, 6) is 0.216. The number of likely N-dealkylation sites (tertiary alicyclic amines) is 2. The quantitative estimate of drug-likeness (QED) is 0.238. The van der Waals surface area contributed by atoms with Crippen molar-refractivity contribution in [3.05, 3.63) is 84.4 Å². The Bertz CT molecular complexity index is 1500. The zero-order chi connectivity index (χ0) is 31.5. The Kier molecular flexibility index (Phi) is 11.5. The first-order chi connectivity index (χ1) is 21.9. The van der Waals surface area contributed by atoms with E-state index in [0.29, 0.717) is 18.0 Å². The lowest BCUT2D eigenvalue weighted by atomic mass is 10.00.